The van der Waals surface area contributed by atoms with E-state index in [1.54, 1.807) is 7.11 Å². The molecule has 1 N–H and O–H groups in total. The molecule has 2 aromatic rings. The number of rotatable bonds is 3. The van der Waals surface area contributed by atoms with Gasteiger partial charge in [0.1, 0.15) is 0 Å². The topological polar surface area (TPSA) is 42.8 Å². The standard InChI is InChI=1S/C13H17N3OS2/c1-17-11-6-5-10-12(15-11)16(13(18)14-10)8-3-4-9(7-8)19-2/h5-6,8-9H,3-4,7H2,1-2H3,(H,14,18). The van der Waals surface area contributed by atoms with Crippen molar-refractivity contribution in [2.45, 2.75) is 30.6 Å². The van der Waals surface area contributed by atoms with Crippen molar-refractivity contribution >= 4 is 35.1 Å². The molecule has 0 amide bonds. The van der Waals surface area contributed by atoms with E-state index in [0.717, 1.165) is 21.2 Å². The fourth-order valence-electron chi connectivity index (χ4n) is 2.80. The van der Waals surface area contributed by atoms with E-state index >= 15 is 0 Å². The van der Waals surface area contributed by atoms with Gasteiger partial charge in [-0.2, -0.15) is 16.7 Å². The molecule has 0 saturated heterocycles. The van der Waals surface area contributed by atoms with Crippen molar-refractivity contribution in [3.05, 3.63) is 16.9 Å². The minimum Gasteiger partial charge on any atom is -0.481 e. The van der Waals surface area contributed by atoms with Gasteiger partial charge in [0.05, 0.1) is 12.6 Å². The van der Waals surface area contributed by atoms with Crippen LogP contribution in [-0.2, 0) is 0 Å². The van der Waals surface area contributed by atoms with Crippen molar-refractivity contribution in [1.29, 1.82) is 0 Å². The largest absolute Gasteiger partial charge is 0.481 e. The number of H-pyrrole nitrogens is 1. The van der Waals surface area contributed by atoms with Gasteiger partial charge in [-0.3, -0.25) is 4.57 Å². The van der Waals surface area contributed by atoms with E-state index in [-0.39, 0.29) is 0 Å². The number of hydrogen-bond acceptors (Lipinski definition) is 4. The fraction of sp³-hybridized carbons (Fsp3) is 0.538. The minimum absolute atomic E-state index is 0.457. The summed E-state index contributed by atoms with van der Waals surface area (Å²) < 4.78 is 8.15. The number of fused-ring (bicyclic) bond motifs is 1. The minimum atomic E-state index is 0.457. The first-order valence-electron chi connectivity index (χ1n) is 6.41. The highest BCUT2D eigenvalue weighted by atomic mass is 32.2. The van der Waals surface area contributed by atoms with Gasteiger partial charge >= 0.3 is 0 Å². The van der Waals surface area contributed by atoms with Gasteiger partial charge in [0.25, 0.3) is 0 Å². The van der Waals surface area contributed by atoms with Gasteiger partial charge in [-0.05, 0) is 43.8 Å². The number of hydrogen-bond donors (Lipinski definition) is 1. The van der Waals surface area contributed by atoms with Crippen LogP contribution in [-0.4, -0.2) is 33.2 Å². The van der Waals surface area contributed by atoms with E-state index in [2.05, 4.69) is 20.8 Å². The van der Waals surface area contributed by atoms with Crippen LogP contribution >= 0.6 is 24.0 Å². The second kappa shape index (κ2) is 5.17. The maximum absolute atomic E-state index is 5.46. The van der Waals surface area contributed by atoms with Crippen LogP contribution in [0.25, 0.3) is 11.2 Å². The molecule has 0 spiro atoms. The summed E-state index contributed by atoms with van der Waals surface area (Å²) >= 11 is 7.41. The molecule has 0 bridgehead atoms. The molecule has 1 aliphatic rings. The van der Waals surface area contributed by atoms with Crippen LogP contribution in [0.2, 0.25) is 0 Å². The van der Waals surface area contributed by atoms with Crippen molar-refractivity contribution in [1.82, 2.24) is 14.5 Å². The zero-order valence-corrected chi connectivity index (χ0v) is 12.7. The molecule has 4 nitrogen and oxygen atoms in total. The second-order valence-electron chi connectivity index (χ2n) is 4.85. The smallest absolute Gasteiger partial charge is 0.215 e. The third-order valence-corrected chi connectivity index (χ3v) is 5.20. The highest BCUT2D eigenvalue weighted by molar-refractivity contribution is 7.99. The van der Waals surface area contributed by atoms with Gasteiger partial charge in [-0.1, -0.05) is 0 Å². The lowest BCUT2D eigenvalue weighted by Crippen LogP contribution is -2.07. The average Bonchev–Trinajstić information content (AvgIpc) is 3.00. The number of nitrogens with one attached hydrogen (secondary N) is 1. The zero-order valence-electron chi connectivity index (χ0n) is 11.0. The molecule has 3 rings (SSSR count). The monoisotopic (exact) mass is 295 g/mol. The van der Waals surface area contributed by atoms with Gasteiger partial charge in [-0.25, -0.2) is 0 Å². The first-order valence-corrected chi connectivity index (χ1v) is 8.10. The Morgan fingerprint density at radius 2 is 2.32 bits per heavy atom. The maximum atomic E-state index is 5.46. The summed E-state index contributed by atoms with van der Waals surface area (Å²) in [5, 5.41) is 0.738. The van der Waals surface area contributed by atoms with Crippen LogP contribution in [0.1, 0.15) is 25.3 Å². The van der Waals surface area contributed by atoms with Crippen LogP contribution in [0, 0.1) is 4.77 Å². The molecule has 1 fully saturated rings. The van der Waals surface area contributed by atoms with Crippen LogP contribution in [0.15, 0.2) is 12.1 Å². The number of pyridine rings is 1. The SMILES string of the molecule is COc1ccc2[nH]c(=S)n(C3CCC(SC)C3)c2n1. The van der Waals surface area contributed by atoms with Gasteiger partial charge in [-0.15, -0.1) is 0 Å². The summed E-state index contributed by atoms with van der Waals surface area (Å²) in [5.74, 6) is 0.634. The highest BCUT2D eigenvalue weighted by Gasteiger charge is 2.27. The van der Waals surface area contributed by atoms with Crippen molar-refractivity contribution in [3.8, 4) is 5.88 Å². The molecule has 0 radical (unpaired) electrons. The van der Waals surface area contributed by atoms with Crippen molar-refractivity contribution in [3.63, 3.8) is 0 Å². The van der Waals surface area contributed by atoms with Crippen molar-refractivity contribution in [2.75, 3.05) is 13.4 Å². The molecule has 102 valence electrons. The quantitative estimate of drug-likeness (QED) is 0.879. The van der Waals surface area contributed by atoms with Crippen LogP contribution in [0.5, 0.6) is 5.88 Å². The van der Waals surface area contributed by atoms with Gasteiger partial charge in [0, 0.05) is 17.4 Å². The molecule has 2 unspecified atom stereocenters. The highest BCUT2D eigenvalue weighted by Crippen LogP contribution is 2.37. The van der Waals surface area contributed by atoms with E-state index in [9.17, 15) is 0 Å². The Bertz CT molecular complexity index is 649. The Balaban J connectivity index is 2.07. The summed E-state index contributed by atoms with van der Waals surface area (Å²) in [5.41, 5.74) is 1.90. The van der Waals surface area contributed by atoms with Gasteiger partial charge in [0.15, 0.2) is 10.4 Å². The van der Waals surface area contributed by atoms with Crippen molar-refractivity contribution in [2.24, 2.45) is 0 Å². The number of imidazole rings is 1. The summed E-state index contributed by atoms with van der Waals surface area (Å²) in [4.78, 5) is 7.79. The molecule has 0 aromatic carbocycles. The summed E-state index contributed by atoms with van der Waals surface area (Å²) in [6.07, 6.45) is 5.78. The van der Waals surface area contributed by atoms with Crippen molar-refractivity contribution < 1.29 is 4.74 Å². The first kappa shape index (κ1) is 13.0. The zero-order chi connectivity index (χ0) is 13.4. The third-order valence-electron chi connectivity index (χ3n) is 3.80. The fourth-order valence-corrected chi connectivity index (χ4v) is 3.93. The van der Waals surface area contributed by atoms with E-state index in [0.29, 0.717) is 11.9 Å². The van der Waals surface area contributed by atoms with Crippen LogP contribution < -0.4 is 4.74 Å². The predicted octanol–water partition coefficient (Wildman–Crippen LogP) is 3.56. The Hall–Kier alpha value is -1.01. The number of methoxy groups -OCH3 is 1. The second-order valence-corrected chi connectivity index (χ2v) is 6.37. The Morgan fingerprint density at radius 3 is 3.00 bits per heavy atom. The normalized spacial score (nSPS) is 23.1. The lowest BCUT2D eigenvalue weighted by Gasteiger charge is -2.13. The molecule has 1 saturated carbocycles. The lowest BCUT2D eigenvalue weighted by molar-refractivity contribution is 0.398. The number of ether oxygens (including phenoxy) is 1. The summed E-state index contributed by atoms with van der Waals surface area (Å²) in [6.45, 7) is 0. The van der Waals surface area contributed by atoms with Crippen LogP contribution in [0.3, 0.4) is 0 Å². The molecule has 2 heterocycles. The average molecular weight is 295 g/mol. The van der Waals surface area contributed by atoms with E-state index in [1.165, 1.54) is 19.3 Å². The third kappa shape index (κ3) is 2.27. The number of nitrogens with zero attached hydrogens (tertiary/aromatic N) is 2. The molecule has 2 aromatic heterocycles. The van der Waals surface area contributed by atoms with Gasteiger partial charge in [0.2, 0.25) is 5.88 Å². The van der Waals surface area contributed by atoms with E-state index < -0.39 is 0 Å². The first-order chi connectivity index (χ1) is 9.22. The molecule has 2 atom stereocenters. The maximum Gasteiger partial charge on any atom is 0.215 e. The van der Waals surface area contributed by atoms with E-state index in [1.807, 2.05) is 23.9 Å². The molecular weight excluding hydrogens is 278 g/mol. The number of aromatic amines is 1. The van der Waals surface area contributed by atoms with Gasteiger partial charge < -0.3 is 9.72 Å². The molecule has 6 heteroatoms. The Kier molecular flexibility index (Phi) is 3.54. The molecular formula is C13H17N3OS2. The lowest BCUT2D eigenvalue weighted by atomic mass is 10.2. The summed E-state index contributed by atoms with van der Waals surface area (Å²) in [6, 6.07) is 4.30. The predicted molar refractivity (Wildman–Crippen MR) is 81.7 cm³/mol. The van der Waals surface area contributed by atoms with E-state index in [4.69, 9.17) is 17.0 Å². The van der Waals surface area contributed by atoms with Crippen LogP contribution in [0.4, 0.5) is 0 Å². The molecule has 0 aliphatic heterocycles. The Labute approximate surface area is 121 Å². The Morgan fingerprint density at radius 1 is 1.47 bits per heavy atom. The molecule has 19 heavy (non-hydrogen) atoms. The summed E-state index contributed by atoms with van der Waals surface area (Å²) in [7, 11) is 1.64. The number of aromatic nitrogens is 3. The number of thioether (sulfide) groups is 1. The molecule has 1 aliphatic carbocycles.